The normalized spacial score (nSPS) is 15.4. The van der Waals surface area contributed by atoms with Crippen LogP contribution in [0.1, 0.15) is 83.1 Å². The average molecular weight is 325 g/mol. The third-order valence-electron chi connectivity index (χ3n) is 4.28. The molecule has 1 aromatic rings. The smallest absolute Gasteiger partial charge is 0.104 e. The molecule has 0 saturated carbocycles. The lowest BCUT2D eigenvalue weighted by molar-refractivity contribution is 0.501. The highest BCUT2D eigenvalue weighted by molar-refractivity contribution is 7.95. The quantitative estimate of drug-likeness (QED) is 0.408. The molecular weight excluding hydrogens is 292 g/mol. The molecule has 0 spiro atoms. The Hall–Kier alpha value is -0.800. The second-order valence-corrected chi connectivity index (χ2v) is 8.00. The Balaban J connectivity index is 2.71. The molecule has 0 heterocycles. The molecule has 0 aliphatic carbocycles. The van der Waals surface area contributed by atoms with Gasteiger partial charge in [0.15, 0.2) is 0 Å². The number of hydrogen-bond donors (Lipinski definition) is 1. The maximum atomic E-state index is 11.6. The lowest BCUT2D eigenvalue weighted by atomic mass is 9.88. The van der Waals surface area contributed by atoms with Crippen LogP contribution in [0.25, 0.3) is 0 Å². The molecule has 2 nitrogen and oxygen atoms in total. The van der Waals surface area contributed by atoms with Gasteiger partial charge in [0.1, 0.15) is 9.80 Å². The lowest BCUT2D eigenvalue weighted by Crippen LogP contribution is -2.02. The summed E-state index contributed by atoms with van der Waals surface area (Å²) in [6.07, 6.45) is 11.4. The Bertz CT molecular complexity index is 503. The summed E-state index contributed by atoms with van der Waals surface area (Å²) in [4.78, 5) is 0.426. The Morgan fingerprint density at radius 3 is 1.95 bits per heavy atom. The summed E-state index contributed by atoms with van der Waals surface area (Å²) in [6, 6.07) is 7.58. The number of benzene rings is 1. The van der Waals surface area contributed by atoms with Crippen LogP contribution in [0.15, 0.2) is 29.2 Å². The molecule has 0 radical (unpaired) electrons. The van der Waals surface area contributed by atoms with E-state index < -0.39 is 9.80 Å². The van der Waals surface area contributed by atoms with E-state index in [2.05, 4.69) is 19.7 Å². The van der Waals surface area contributed by atoms with Gasteiger partial charge in [0.25, 0.3) is 0 Å². The predicted octanol–water partition coefficient (Wildman–Crippen LogP) is 5.87. The molecule has 0 aliphatic heterocycles. The van der Waals surface area contributed by atoms with Crippen LogP contribution in [0, 0.1) is 0 Å². The van der Waals surface area contributed by atoms with Crippen molar-refractivity contribution in [1.29, 1.82) is 0 Å². The van der Waals surface area contributed by atoms with Crippen molar-refractivity contribution in [1.82, 2.24) is 0 Å². The van der Waals surface area contributed by atoms with Crippen molar-refractivity contribution in [3.05, 3.63) is 29.8 Å². The fourth-order valence-electron chi connectivity index (χ4n) is 2.89. The Kier molecular flexibility index (Phi) is 8.81. The molecular formula is C19H32O2S. The van der Waals surface area contributed by atoms with Crippen LogP contribution >= 0.6 is 0 Å². The summed E-state index contributed by atoms with van der Waals surface area (Å²) in [5, 5.41) is 0. The second kappa shape index (κ2) is 10.1. The summed E-state index contributed by atoms with van der Waals surface area (Å²) < 4.78 is 21.1. The molecule has 3 heteroatoms. The highest BCUT2D eigenvalue weighted by Crippen LogP contribution is 2.29. The van der Waals surface area contributed by atoms with E-state index in [-0.39, 0.29) is 0 Å². The highest BCUT2D eigenvalue weighted by atomic mass is 32.2. The minimum Gasteiger partial charge on any atom is -0.310 e. The van der Waals surface area contributed by atoms with Crippen LogP contribution < -0.4 is 0 Å². The van der Waals surface area contributed by atoms with Gasteiger partial charge in [-0.3, -0.25) is 0 Å². The van der Waals surface area contributed by atoms with Crippen LogP contribution in [-0.2, 0) is 9.80 Å². The molecule has 1 rings (SSSR count). The maximum absolute atomic E-state index is 11.6. The standard InChI is InChI=1S/C19H32O2S/c1-4-6-8-10-12-17(11-9-7-5-2)18-13-15-19(16-14-18)22(3,20)21/h13-17H,3-12H2,1-2H3,(H,20,21). The molecule has 0 aliphatic rings. The molecule has 126 valence electrons. The van der Waals surface area contributed by atoms with Gasteiger partial charge in [-0.2, -0.15) is 0 Å². The summed E-state index contributed by atoms with van der Waals surface area (Å²) in [5.41, 5.74) is 1.31. The first-order valence-electron chi connectivity index (χ1n) is 8.68. The molecule has 0 amide bonds. The third-order valence-corrected chi connectivity index (χ3v) is 5.29. The van der Waals surface area contributed by atoms with Crippen molar-refractivity contribution >= 4 is 15.7 Å². The molecule has 0 bridgehead atoms. The van der Waals surface area contributed by atoms with Gasteiger partial charge < -0.3 is 4.55 Å². The van der Waals surface area contributed by atoms with E-state index in [1.807, 2.05) is 12.1 Å². The van der Waals surface area contributed by atoms with E-state index >= 15 is 0 Å². The lowest BCUT2D eigenvalue weighted by Gasteiger charge is -2.18. The molecule has 1 N–H and O–H groups in total. The van der Waals surface area contributed by atoms with Crippen molar-refractivity contribution in [2.75, 3.05) is 0 Å². The SMILES string of the molecule is C=S(=O)(O)c1ccc(C(CCCCC)CCCCCC)cc1. The zero-order chi connectivity index (χ0) is 16.4. The van der Waals surface area contributed by atoms with Gasteiger partial charge in [0, 0.05) is 0 Å². The van der Waals surface area contributed by atoms with Gasteiger partial charge in [0.05, 0.1) is 4.90 Å². The second-order valence-electron chi connectivity index (χ2n) is 6.25. The fourth-order valence-corrected chi connectivity index (χ4v) is 3.45. The summed E-state index contributed by atoms with van der Waals surface area (Å²) in [7, 11) is -3.09. The molecule has 0 fully saturated rings. The number of hydrogen-bond acceptors (Lipinski definition) is 1. The van der Waals surface area contributed by atoms with Gasteiger partial charge in [-0.15, -0.1) is 0 Å². The van der Waals surface area contributed by atoms with E-state index in [1.54, 1.807) is 12.1 Å². The van der Waals surface area contributed by atoms with Crippen LogP contribution in [0.3, 0.4) is 0 Å². The van der Waals surface area contributed by atoms with Crippen molar-refractivity contribution in [2.45, 2.75) is 82.4 Å². The molecule has 22 heavy (non-hydrogen) atoms. The van der Waals surface area contributed by atoms with Crippen LogP contribution in [0.2, 0.25) is 0 Å². The average Bonchev–Trinajstić information content (AvgIpc) is 2.49. The van der Waals surface area contributed by atoms with E-state index in [9.17, 15) is 8.76 Å². The van der Waals surface area contributed by atoms with Gasteiger partial charge >= 0.3 is 0 Å². The van der Waals surface area contributed by atoms with E-state index in [1.165, 1.54) is 63.4 Å². The van der Waals surface area contributed by atoms with Crippen molar-refractivity contribution < 1.29 is 8.76 Å². The number of unbranched alkanes of at least 4 members (excludes halogenated alkanes) is 5. The summed E-state index contributed by atoms with van der Waals surface area (Å²) >= 11 is 0. The molecule has 2 unspecified atom stereocenters. The maximum Gasteiger partial charge on any atom is 0.104 e. The topological polar surface area (TPSA) is 37.3 Å². The monoisotopic (exact) mass is 324 g/mol. The van der Waals surface area contributed by atoms with Crippen molar-refractivity contribution in [3.8, 4) is 0 Å². The first-order valence-corrected chi connectivity index (χ1v) is 10.4. The van der Waals surface area contributed by atoms with Gasteiger partial charge in [0.2, 0.25) is 0 Å². The minimum atomic E-state index is -3.09. The zero-order valence-electron chi connectivity index (χ0n) is 14.2. The zero-order valence-corrected chi connectivity index (χ0v) is 15.0. The Labute approximate surface area is 137 Å². The number of rotatable bonds is 11. The first kappa shape index (κ1) is 19.2. The van der Waals surface area contributed by atoms with Crippen molar-refractivity contribution in [3.63, 3.8) is 0 Å². The highest BCUT2D eigenvalue weighted by Gasteiger charge is 2.12. The van der Waals surface area contributed by atoms with Crippen LogP contribution in [0.5, 0.6) is 0 Å². The molecule has 2 atom stereocenters. The predicted molar refractivity (Wildman–Crippen MR) is 98.2 cm³/mol. The summed E-state index contributed by atoms with van der Waals surface area (Å²) in [5.74, 6) is 3.91. The van der Waals surface area contributed by atoms with Gasteiger partial charge in [-0.1, -0.05) is 70.9 Å². The van der Waals surface area contributed by atoms with Gasteiger partial charge in [-0.05, 0) is 42.3 Å². The first-order chi connectivity index (χ1) is 10.5. The summed E-state index contributed by atoms with van der Waals surface area (Å²) in [6.45, 7) is 4.47. The van der Waals surface area contributed by atoms with Crippen LogP contribution in [-0.4, -0.2) is 14.6 Å². The minimum absolute atomic E-state index is 0.426. The van der Waals surface area contributed by atoms with Gasteiger partial charge in [-0.25, -0.2) is 4.21 Å². The van der Waals surface area contributed by atoms with E-state index in [0.29, 0.717) is 10.8 Å². The fraction of sp³-hybridized carbons (Fsp3) is 0.632. The van der Waals surface area contributed by atoms with Crippen molar-refractivity contribution in [2.24, 2.45) is 0 Å². The largest absolute Gasteiger partial charge is 0.310 e. The molecule has 0 aromatic heterocycles. The Morgan fingerprint density at radius 1 is 0.955 bits per heavy atom. The molecule has 0 saturated heterocycles. The van der Waals surface area contributed by atoms with Crippen LogP contribution in [0.4, 0.5) is 0 Å². The van der Waals surface area contributed by atoms with E-state index in [4.69, 9.17) is 0 Å². The molecule has 1 aromatic carbocycles. The Morgan fingerprint density at radius 2 is 1.45 bits per heavy atom. The third kappa shape index (κ3) is 6.97. The van der Waals surface area contributed by atoms with E-state index in [0.717, 1.165) is 0 Å².